The number of nitrogens with zero attached hydrogens (tertiary/aromatic N) is 1. The minimum atomic E-state index is -1.00. The SMILES string of the molecule is C=C(C(=O)O)c1ccc(C=Cc2ccc3c(c2)CC(c2ccccc2)N3c2ccc(C)cc2)cc1. The lowest BCUT2D eigenvalue weighted by molar-refractivity contribution is -0.130. The number of anilines is 2. The van der Waals surface area contributed by atoms with Crippen molar-refractivity contribution in [1.82, 2.24) is 0 Å². The molecule has 3 heteroatoms. The highest BCUT2D eigenvalue weighted by Crippen LogP contribution is 2.45. The maximum atomic E-state index is 11.1. The van der Waals surface area contributed by atoms with E-state index in [2.05, 4.69) is 103 Å². The van der Waals surface area contributed by atoms with Gasteiger partial charge in [-0.3, -0.25) is 0 Å². The Kier molecular flexibility index (Phi) is 6.07. The number of aryl methyl sites for hydroxylation is 1. The van der Waals surface area contributed by atoms with Crippen molar-refractivity contribution in [3.63, 3.8) is 0 Å². The molecule has 0 aromatic heterocycles. The van der Waals surface area contributed by atoms with Gasteiger partial charge in [-0.1, -0.05) is 97.1 Å². The number of hydrogen-bond donors (Lipinski definition) is 1. The molecule has 1 N–H and O–H groups in total. The van der Waals surface area contributed by atoms with Crippen LogP contribution in [0.25, 0.3) is 17.7 Å². The van der Waals surface area contributed by atoms with Crippen LogP contribution in [0.3, 0.4) is 0 Å². The zero-order valence-electron chi connectivity index (χ0n) is 19.7. The first-order chi connectivity index (χ1) is 17.0. The van der Waals surface area contributed by atoms with Crippen LogP contribution in [0, 0.1) is 6.92 Å². The van der Waals surface area contributed by atoms with Crippen molar-refractivity contribution in [2.75, 3.05) is 4.90 Å². The van der Waals surface area contributed by atoms with Crippen LogP contribution in [-0.4, -0.2) is 11.1 Å². The van der Waals surface area contributed by atoms with Gasteiger partial charge in [0.1, 0.15) is 0 Å². The molecule has 1 atom stereocenters. The highest BCUT2D eigenvalue weighted by Gasteiger charge is 2.31. The van der Waals surface area contributed by atoms with E-state index in [1.807, 2.05) is 12.1 Å². The number of hydrogen-bond acceptors (Lipinski definition) is 2. The third-order valence-corrected chi connectivity index (χ3v) is 6.57. The molecule has 0 saturated heterocycles. The molecule has 0 fully saturated rings. The topological polar surface area (TPSA) is 40.5 Å². The van der Waals surface area contributed by atoms with Gasteiger partial charge in [0.15, 0.2) is 0 Å². The second kappa shape index (κ2) is 9.47. The molecule has 3 nitrogen and oxygen atoms in total. The molecule has 0 saturated carbocycles. The minimum Gasteiger partial charge on any atom is -0.478 e. The van der Waals surface area contributed by atoms with Gasteiger partial charge in [-0.2, -0.15) is 0 Å². The van der Waals surface area contributed by atoms with Crippen LogP contribution in [0.2, 0.25) is 0 Å². The quantitative estimate of drug-likeness (QED) is 0.238. The molecule has 5 rings (SSSR count). The lowest BCUT2D eigenvalue weighted by Gasteiger charge is -2.28. The second-order valence-corrected chi connectivity index (χ2v) is 8.96. The summed E-state index contributed by atoms with van der Waals surface area (Å²) in [6, 6.07) is 33.8. The van der Waals surface area contributed by atoms with Gasteiger partial charge in [0.25, 0.3) is 0 Å². The summed E-state index contributed by atoms with van der Waals surface area (Å²) in [6.45, 7) is 5.74. The summed E-state index contributed by atoms with van der Waals surface area (Å²) in [5.41, 5.74) is 9.21. The van der Waals surface area contributed by atoms with E-state index in [-0.39, 0.29) is 11.6 Å². The van der Waals surface area contributed by atoms with E-state index in [9.17, 15) is 4.79 Å². The molecule has 0 aliphatic carbocycles. The lowest BCUT2D eigenvalue weighted by atomic mass is 10.0. The predicted octanol–water partition coefficient (Wildman–Crippen LogP) is 7.70. The van der Waals surface area contributed by atoms with E-state index in [1.54, 1.807) is 12.1 Å². The molecule has 1 heterocycles. The van der Waals surface area contributed by atoms with E-state index in [0.29, 0.717) is 5.56 Å². The third kappa shape index (κ3) is 4.67. The van der Waals surface area contributed by atoms with Gasteiger partial charge in [0.2, 0.25) is 0 Å². The third-order valence-electron chi connectivity index (χ3n) is 6.57. The van der Waals surface area contributed by atoms with Gasteiger partial charge in [-0.25, -0.2) is 4.79 Å². The zero-order valence-corrected chi connectivity index (χ0v) is 19.7. The van der Waals surface area contributed by atoms with Crippen molar-refractivity contribution in [1.29, 1.82) is 0 Å². The fraction of sp³-hybridized carbons (Fsp3) is 0.0938. The number of carbonyl (C=O) groups is 1. The Morgan fingerprint density at radius 2 is 1.54 bits per heavy atom. The average Bonchev–Trinajstić information content (AvgIpc) is 3.27. The van der Waals surface area contributed by atoms with Gasteiger partial charge in [0, 0.05) is 11.4 Å². The van der Waals surface area contributed by atoms with E-state index in [0.717, 1.165) is 17.5 Å². The summed E-state index contributed by atoms with van der Waals surface area (Å²) in [4.78, 5) is 13.6. The Morgan fingerprint density at radius 1 is 0.886 bits per heavy atom. The molecule has 1 aliphatic rings. The molecular weight excluding hydrogens is 430 g/mol. The number of aliphatic carboxylic acids is 1. The van der Waals surface area contributed by atoms with E-state index in [1.165, 1.54) is 28.1 Å². The van der Waals surface area contributed by atoms with Crippen molar-refractivity contribution in [3.05, 3.63) is 137 Å². The molecule has 0 radical (unpaired) electrons. The maximum absolute atomic E-state index is 11.1. The number of carboxylic acids is 1. The number of fused-ring (bicyclic) bond motifs is 1. The van der Waals surface area contributed by atoms with Gasteiger partial charge < -0.3 is 10.0 Å². The van der Waals surface area contributed by atoms with E-state index in [4.69, 9.17) is 5.11 Å². The van der Waals surface area contributed by atoms with Crippen molar-refractivity contribution in [2.45, 2.75) is 19.4 Å². The normalized spacial score (nSPS) is 14.8. The smallest absolute Gasteiger partial charge is 0.335 e. The largest absolute Gasteiger partial charge is 0.478 e. The Hall–Kier alpha value is -4.37. The number of carboxylic acid groups (broad SMARTS) is 1. The summed E-state index contributed by atoms with van der Waals surface area (Å²) in [5.74, 6) is -1.00. The molecule has 35 heavy (non-hydrogen) atoms. The van der Waals surface area contributed by atoms with Crippen LogP contribution in [-0.2, 0) is 11.2 Å². The number of rotatable bonds is 6. The molecule has 4 aromatic rings. The van der Waals surface area contributed by atoms with Crippen molar-refractivity contribution in [2.24, 2.45) is 0 Å². The summed E-state index contributed by atoms with van der Waals surface area (Å²) >= 11 is 0. The average molecular weight is 458 g/mol. The molecule has 1 unspecified atom stereocenters. The molecule has 0 bridgehead atoms. The molecule has 1 aliphatic heterocycles. The van der Waals surface area contributed by atoms with Crippen LogP contribution in [0.15, 0.2) is 104 Å². The highest BCUT2D eigenvalue weighted by atomic mass is 16.4. The fourth-order valence-electron chi connectivity index (χ4n) is 4.65. The maximum Gasteiger partial charge on any atom is 0.335 e. The van der Waals surface area contributed by atoms with E-state index < -0.39 is 5.97 Å². The summed E-state index contributed by atoms with van der Waals surface area (Å²) in [6.07, 6.45) is 5.10. The summed E-state index contributed by atoms with van der Waals surface area (Å²) in [7, 11) is 0. The Labute approximate surface area is 206 Å². The van der Waals surface area contributed by atoms with Crippen LogP contribution in [0.1, 0.15) is 39.4 Å². The number of benzene rings is 4. The van der Waals surface area contributed by atoms with E-state index >= 15 is 0 Å². The lowest BCUT2D eigenvalue weighted by Crippen LogP contribution is -2.19. The van der Waals surface area contributed by atoms with Crippen LogP contribution in [0.4, 0.5) is 11.4 Å². The fourth-order valence-corrected chi connectivity index (χ4v) is 4.65. The second-order valence-electron chi connectivity index (χ2n) is 8.96. The van der Waals surface area contributed by atoms with Gasteiger partial charge in [-0.15, -0.1) is 0 Å². The Morgan fingerprint density at radius 3 is 2.23 bits per heavy atom. The standard InChI is InChI=1S/C32H27NO2/c1-22-8-17-29(18-9-22)33-30-19-14-25(20-28(30)21-31(33)27-6-4-3-5-7-27)11-10-24-12-15-26(16-13-24)23(2)32(34)35/h3-20,31H,2,21H2,1H3,(H,34,35). The minimum absolute atomic E-state index is 0.102. The first-order valence-electron chi connectivity index (χ1n) is 11.7. The van der Waals surface area contributed by atoms with Crippen molar-refractivity contribution < 1.29 is 9.90 Å². The Bertz CT molecular complexity index is 1400. The summed E-state index contributed by atoms with van der Waals surface area (Å²) < 4.78 is 0. The van der Waals surface area contributed by atoms with Crippen LogP contribution in [0.5, 0.6) is 0 Å². The Balaban J connectivity index is 1.43. The molecular formula is C32H27NO2. The molecule has 172 valence electrons. The predicted molar refractivity (Wildman–Crippen MR) is 145 cm³/mol. The van der Waals surface area contributed by atoms with Crippen LogP contribution < -0.4 is 4.90 Å². The molecule has 0 amide bonds. The monoisotopic (exact) mass is 457 g/mol. The van der Waals surface area contributed by atoms with Gasteiger partial charge >= 0.3 is 5.97 Å². The zero-order chi connectivity index (χ0) is 24.4. The summed E-state index contributed by atoms with van der Waals surface area (Å²) in [5, 5.41) is 9.11. The first kappa shape index (κ1) is 22.4. The highest BCUT2D eigenvalue weighted by molar-refractivity contribution is 6.14. The molecule has 4 aromatic carbocycles. The van der Waals surface area contributed by atoms with Crippen molar-refractivity contribution >= 4 is 35.1 Å². The first-order valence-corrected chi connectivity index (χ1v) is 11.7. The van der Waals surface area contributed by atoms with Crippen LogP contribution >= 0.6 is 0 Å². The van der Waals surface area contributed by atoms with Gasteiger partial charge in [-0.05, 0) is 65.4 Å². The van der Waals surface area contributed by atoms with Crippen molar-refractivity contribution in [3.8, 4) is 0 Å². The van der Waals surface area contributed by atoms with Gasteiger partial charge in [0.05, 0.1) is 11.6 Å². The molecule has 0 spiro atoms.